The van der Waals surface area contributed by atoms with Crippen LogP contribution >= 0.6 is 0 Å². The lowest BCUT2D eigenvalue weighted by atomic mass is 10.0. The van der Waals surface area contributed by atoms with Crippen molar-refractivity contribution in [3.8, 4) is 0 Å². The maximum Gasteiger partial charge on any atom is 0.236 e. The van der Waals surface area contributed by atoms with Crippen LogP contribution in [0.1, 0.15) is 18.9 Å². The van der Waals surface area contributed by atoms with Gasteiger partial charge < -0.3 is 25.1 Å². The second kappa shape index (κ2) is 11.8. The van der Waals surface area contributed by atoms with Crippen molar-refractivity contribution in [3.05, 3.63) is 29.6 Å². The summed E-state index contributed by atoms with van der Waals surface area (Å²) in [6.45, 7) is 8.74. The Hall–Kier alpha value is -2.76. The first kappa shape index (κ1) is 25.3. The van der Waals surface area contributed by atoms with E-state index in [0.717, 1.165) is 26.2 Å². The number of aliphatic hydroxyl groups is 1. The fourth-order valence-corrected chi connectivity index (χ4v) is 4.71. The number of benzene rings is 1. The fraction of sp³-hybridized carbons (Fsp3) is 0.625. The van der Waals surface area contributed by atoms with Crippen molar-refractivity contribution in [3.63, 3.8) is 0 Å². The van der Waals surface area contributed by atoms with Gasteiger partial charge in [-0.05, 0) is 12.1 Å². The molecule has 3 aliphatic rings. The van der Waals surface area contributed by atoms with Gasteiger partial charge in [-0.2, -0.15) is 0 Å². The number of hydrogen-bond acceptors (Lipinski definition) is 8. The van der Waals surface area contributed by atoms with Gasteiger partial charge in [0.15, 0.2) is 0 Å². The Morgan fingerprint density at radius 3 is 2.49 bits per heavy atom. The van der Waals surface area contributed by atoms with Crippen LogP contribution in [-0.2, 0) is 14.4 Å². The number of carbonyl (C=O) groups is 2. The Morgan fingerprint density at radius 2 is 1.83 bits per heavy atom. The number of halogens is 1. The summed E-state index contributed by atoms with van der Waals surface area (Å²) < 4.78 is 15.0. The minimum Gasteiger partial charge on any atom is -0.395 e. The number of anilines is 1. The molecular formula is C24H35FN6O4. The smallest absolute Gasteiger partial charge is 0.236 e. The van der Waals surface area contributed by atoms with Crippen molar-refractivity contribution in [2.45, 2.75) is 19.4 Å². The third kappa shape index (κ3) is 6.68. The molecule has 3 aliphatic heterocycles. The first-order valence-electron chi connectivity index (χ1n) is 12.3. The van der Waals surface area contributed by atoms with Crippen molar-refractivity contribution in [2.75, 3.05) is 83.5 Å². The van der Waals surface area contributed by atoms with Crippen LogP contribution in [0.25, 0.3) is 0 Å². The Morgan fingerprint density at radius 1 is 1.11 bits per heavy atom. The summed E-state index contributed by atoms with van der Waals surface area (Å²) >= 11 is 0. The summed E-state index contributed by atoms with van der Waals surface area (Å²) in [7, 11) is 0. The molecule has 2 N–H and O–H groups in total. The van der Waals surface area contributed by atoms with Crippen molar-refractivity contribution in [2.24, 2.45) is 5.16 Å². The maximum atomic E-state index is 15.0. The molecule has 0 spiro atoms. The van der Waals surface area contributed by atoms with Crippen LogP contribution in [0.2, 0.25) is 0 Å². The molecule has 10 nitrogen and oxygen atoms in total. The van der Waals surface area contributed by atoms with Gasteiger partial charge in [0, 0.05) is 77.8 Å². The van der Waals surface area contributed by atoms with Crippen molar-refractivity contribution < 1.29 is 23.9 Å². The van der Waals surface area contributed by atoms with Gasteiger partial charge in [0.25, 0.3) is 0 Å². The van der Waals surface area contributed by atoms with E-state index in [0.29, 0.717) is 69.2 Å². The number of oxime groups is 1. The standard InChI is InChI=1S/C24H35FN6O4/c1-18(33)26-16-20-15-22(27-35-20)19-2-3-23(21(25)14-19)30-8-10-31(11-9-30)24(34)17-29-6-4-28(5-7-29)12-13-32/h2-3,14,20,32H,4-13,15-17H2,1H3,(H,26,33). The summed E-state index contributed by atoms with van der Waals surface area (Å²) in [5.74, 6) is -0.337. The fourth-order valence-electron chi connectivity index (χ4n) is 4.71. The molecule has 2 saturated heterocycles. The SMILES string of the molecule is CC(=O)NCC1CC(c2ccc(N3CCN(C(=O)CN4CCN(CCO)CC4)CC3)c(F)c2)=NO1. The van der Waals surface area contributed by atoms with Crippen LogP contribution in [0.15, 0.2) is 23.4 Å². The molecule has 0 aliphatic carbocycles. The lowest BCUT2D eigenvalue weighted by molar-refractivity contribution is -0.133. The molecule has 0 saturated carbocycles. The lowest BCUT2D eigenvalue weighted by Crippen LogP contribution is -2.54. The molecule has 0 aromatic heterocycles. The zero-order valence-electron chi connectivity index (χ0n) is 20.3. The van der Waals surface area contributed by atoms with E-state index in [-0.39, 0.29) is 30.3 Å². The summed E-state index contributed by atoms with van der Waals surface area (Å²) in [6.07, 6.45) is 0.266. The van der Waals surface area contributed by atoms with Crippen LogP contribution in [0.5, 0.6) is 0 Å². The van der Waals surface area contributed by atoms with E-state index >= 15 is 0 Å². The van der Waals surface area contributed by atoms with Gasteiger partial charge in [0.1, 0.15) is 11.9 Å². The summed E-state index contributed by atoms with van der Waals surface area (Å²) in [5.41, 5.74) is 1.86. The second-order valence-electron chi connectivity index (χ2n) is 9.28. The molecule has 35 heavy (non-hydrogen) atoms. The van der Waals surface area contributed by atoms with Crippen LogP contribution in [0.4, 0.5) is 10.1 Å². The van der Waals surface area contributed by atoms with E-state index in [9.17, 15) is 14.0 Å². The van der Waals surface area contributed by atoms with E-state index in [1.165, 1.54) is 13.0 Å². The maximum absolute atomic E-state index is 15.0. The minimum atomic E-state index is -0.323. The van der Waals surface area contributed by atoms with Gasteiger partial charge >= 0.3 is 0 Å². The number of rotatable bonds is 8. The number of β-amino-alcohol motifs (C(OH)–C–C–N with tert-alkyl or cyclic N) is 1. The molecule has 2 amide bonds. The van der Waals surface area contributed by atoms with Gasteiger partial charge in [0.2, 0.25) is 11.8 Å². The van der Waals surface area contributed by atoms with Gasteiger partial charge in [-0.15, -0.1) is 0 Å². The predicted molar refractivity (Wildman–Crippen MR) is 130 cm³/mol. The molecule has 1 aromatic rings. The number of carbonyl (C=O) groups excluding carboxylic acids is 2. The summed E-state index contributed by atoms with van der Waals surface area (Å²) in [5, 5.41) is 15.8. The summed E-state index contributed by atoms with van der Waals surface area (Å²) in [4.78, 5) is 37.4. The zero-order chi connectivity index (χ0) is 24.8. The highest BCUT2D eigenvalue weighted by molar-refractivity contribution is 6.01. The second-order valence-corrected chi connectivity index (χ2v) is 9.28. The molecule has 0 bridgehead atoms. The highest BCUT2D eigenvalue weighted by Gasteiger charge is 2.27. The minimum absolute atomic E-state index is 0.115. The molecule has 2 fully saturated rings. The molecule has 11 heteroatoms. The van der Waals surface area contributed by atoms with Gasteiger partial charge in [-0.3, -0.25) is 19.4 Å². The first-order chi connectivity index (χ1) is 16.9. The predicted octanol–water partition coefficient (Wildman–Crippen LogP) is -0.287. The summed E-state index contributed by atoms with van der Waals surface area (Å²) in [6, 6.07) is 5.08. The zero-order valence-corrected chi connectivity index (χ0v) is 20.3. The quantitative estimate of drug-likeness (QED) is 0.517. The first-order valence-corrected chi connectivity index (χ1v) is 12.3. The van der Waals surface area contributed by atoms with Gasteiger partial charge in [-0.1, -0.05) is 11.2 Å². The average molecular weight is 491 g/mol. The number of aliphatic hydroxyl groups excluding tert-OH is 1. The Kier molecular flexibility index (Phi) is 8.53. The highest BCUT2D eigenvalue weighted by atomic mass is 19.1. The molecule has 4 rings (SSSR count). The van der Waals surface area contributed by atoms with Crippen molar-refractivity contribution in [1.82, 2.24) is 20.0 Å². The molecular weight excluding hydrogens is 455 g/mol. The molecule has 1 unspecified atom stereocenters. The van der Waals surface area contributed by atoms with Crippen molar-refractivity contribution in [1.29, 1.82) is 0 Å². The van der Waals surface area contributed by atoms with E-state index in [4.69, 9.17) is 9.94 Å². The highest BCUT2D eigenvalue weighted by Crippen LogP contribution is 2.25. The molecule has 192 valence electrons. The molecule has 1 aromatic carbocycles. The molecule has 0 radical (unpaired) electrons. The van der Waals surface area contributed by atoms with Crippen LogP contribution in [-0.4, -0.2) is 122 Å². The number of nitrogens with one attached hydrogen (secondary N) is 1. The average Bonchev–Trinajstić information content (AvgIpc) is 3.33. The van der Waals surface area contributed by atoms with E-state index in [1.54, 1.807) is 6.07 Å². The monoisotopic (exact) mass is 490 g/mol. The number of hydrogen-bond donors (Lipinski definition) is 2. The Labute approximate surface area is 205 Å². The topological polar surface area (TPSA) is 101 Å². The normalized spacial score (nSPS) is 21.6. The van der Waals surface area contributed by atoms with Crippen molar-refractivity contribution >= 4 is 23.2 Å². The number of nitrogens with zero attached hydrogens (tertiary/aromatic N) is 5. The lowest BCUT2D eigenvalue weighted by Gasteiger charge is -2.38. The molecule has 1 atom stereocenters. The Balaban J connectivity index is 1.24. The van der Waals surface area contributed by atoms with Gasteiger partial charge in [0.05, 0.1) is 31.1 Å². The van der Waals surface area contributed by atoms with E-state index < -0.39 is 0 Å². The third-order valence-electron chi connectivity index (χ3n) is 6.81. The largest absolute Gasteiger partial charge is 0.395 e. The van der Waals surface area contributed by atoms with E-state index in [2.05, 4.69) is 20.3 Å². The van der Waals surface area contributed by atoms with Crippen LogP contribution in [0.3, 0.4) is 0 Å². The van der Waals surface area contributed by atoms with E-state index in [1.807, 2.05) is 15.9 Å². The number of amides is 2. The number of piperazine rings is 2. The van der Waals surface area contributed by atoms with Gasteiger partial charge in [-0.25, -0.2) is 4.39 Å². The third-order valence-corrected chi connectivity index (χ3v) is 6.81. The Bertz CT molecular complexity index is 929. The van der Waals surface area contributed by atoms with Crippen LogP contribution in [0, 0.1) is 5.82 Å². The van der Waals surface area contributed by atoms with Crippen LogP contribution < -0.4 is 10.2 Å². The molecule has 3 heterocycles.